The van der Waals surface area contributed by atoms with E-state index in [1.807, 2.05) is 36.5 Å². The number of hydrogen-bond donors (Lipinski definition) is 0. The van der Waals surface area contributed by atoms with Crippen LogP contribution in [0.4, 0.5) is 17.1 Å². The van der Waals surface area contributed by atoms with Crippen LogP contribution >= 0.6 is 0 Å². The van der Waals surface area contributed by atoms with Crippen LogP contribution in [0.15, 0.2) is 176 Å². The largest absolute Gasteiger partial charge is 0.319 e. The molecule has 9 aromatic rings. The van der Waals surface area contributed by atoms with Gasteiger partial charge in [-0.1, -0.05) is 129 Å². The van der Waals surface area contributed by atoms with Crippen LogP contribution < -0.4 is 10.1 Å². The first-order valence-electron chi connectivity index (χ1n) is 20.3. The van der Waals surface area contributed by atoms with Crippen molar-refractivity contribution in [3.05, 3.63) is 199 Å². The van der Waals surface area contributed by atoms with Gasteiger partial charge in [-0.15, -0.1) is 27.6 Å². The number of nitrogens with zero attached hydrogens (tertiary/aromatic N) is 4. The van der Waals surface area contributed by atoms with E-state index >= 15 is 0 Å². The van der Waals surface area contributed by atoms with Gasteiger partial charge in [0.05, 0.1) is 11.1 Å². The van der Waals surface area contributed by atoms with Gasteiger partial charge in [0.2, 0.25) is 0 Å². The smallest absolute Gasteiger partial charge is 0.145 e. The summed E-state index contributed by atoms with van der Waals surface area (Å²) in [5, 5.41) is 4.95. The molecule has 6 heteroatoms. The van der Waals surface area contributed by atoms with E-state index in [-0.39, 0.29) is 21.1 Å². The Balaban J connectivity index is 0.00000462. The zero-order valence-corrected chi connectivity index (χ0v) is 33.6. The van der Waals surface area contributed by atoms with Crippen LogP contribution in [-0.2, 0) is 26.5 Å². The summed E-state index contributed by atoms with van der Waals surface area (Å²) in [4.78, 5) is 9.57. The summed E-state index contributed by atoms with van der Waals surface area (Å²) in [5.41, 5.74) is 12.0. The van der Waals surface area contributed by atoms with Gasteiger partial charge >= 0.3 is 0 Å². The third-order valence-corrected chi connectivity index (χ3v) is 11.0. The number of pyridine rings is 1. The zero-order valence-electron chi connectivity index (χ0n) is 34.3. The van der Waals surface area contributed by atoms with Gasteiger partial charge in [0.25, 0.3) is 0 Å². The normalized spacial score (nSPS) is 13.5. The first-order chi connectivity index (χ1) is 28.7. The van der Waals surface area contributed by atoms with Gasteiger partial charge in [0.15, 0.2) is 0 Å². The molecule has 0 amide bonds. The minimum absolute atomic E-state index is 0. The van der Waals surface area contributed by atoms with Crippen molar-refractivity contribution in [2.45, 2.75) is 19.3 Å². The minimum Gasteiger partial charge on any atom is -0.319 e. The Bertz CT molecular complexity index is 2960. The Morgan fingerprint density at radius 2 is 1.25 bits per heavy atom. The van der Waals surface area contributed by atoms with Gasteiger partial charge in [-0.05, 0) is 74.5 Å². The van der Waals surface area contributed by atoms with Gasteiger partial charge < -0.3 is 4.57 Å². The number of fused-ring (bicyclic) bond motifs is 4. The molecule has 280 valence electrons. The third-order valence-electron chi connectivity index (χ3n) is 11.0. The Morgan fingerprint density at radius 3 is 1.98 bits per heavy atom. The van der Waals surface area contributed by atoms with Crippen LogP contribution in [0.3, 0.4) is 0 Å². The van der Waals surface area contributed by atoms with E-state index < -0.39 is 12.4 Å². The Hall–Kier alpha value is -6.26. The Morgan fingerprint density at radius 1 is 0.596 bits per heavy atom. The van der Waals surface area contributed by atoms with E-state index in [1.54, 1.807) is 11.1 Å². The fraction of sp³-hybridized carbons (Fsp3) is 0.0784. The first-order valence-corrected chi connectivity index (χ1v) is 18.8. The van der Waals surface area contributed by atoms with Crippen molar-refractivity contribution in [2.24, 2.45) is 0 Å². The van der Waals surface area contributed by atoms with E-state index in [9.17, 15) is 0 Å². The van der Waals surface area contributed by atoms with Crippen molar-refractivity contribution in [2.75, 3.05) is 17.1 Å². The number of anilines is 3. The molecule has 7 aromatic carbocycles. The molecule has 0 fully saturated rings. The monoisotopic (exact) mass is 921 g/mol. The molecule has 0 unspecified atom stereocenters. The van der Waals surface area contributed by atoms with Gasteiger partial charge in [-0.3, -0.25) is 0 Å². The second-order valence-corrected chi connectivity index (χ2v) is 14.6. The Kier molecular flexibility index (Phi) is 8.48. The SMILES string of the molecule is [2H]C([2H])([2H])N1[OH+]N(c2[c-]c(C(C)(C)c3[c-]c4c(cc3)c3ccccc3n4-c3cc(-c4c(-c5ccccc5)cccc4-c4ccccc4)ccn3)ccc2)c2ccccc21.[Pt]. The molecule has 0 bridgehead atoms. The molecule has 0 spiro atoms. The number of benzene rings is 7. The number of rotatable bonds is 7. The van der Waals surface area contributed by atoms with Crippen LogP contribution in [0.2, 0.25) is 0 Å². The molecule has 0 saturated heterocycles. The van der Waals surface area contributed by atoms with Gasteiger partial charge in [-0.25, -0.2) is 4.98 Å². The van der Waals surface area contributed by atoms with Crippen LogP contribution in [-0.4, -0.2) is 21.5 Å². The van der Waals surface area contributed by atoms with E-state index in [2.05, 4.69) is 169 Å². The quantitative estimate of drug-likeness (QED) is 0.118. The molecule has 10 rings (SSSR count). The van der Waals surface area contributed by atoms with E-state index in [1.165, 1.54) is 0 Å². The van der Waals surface area contributed by atoms with Crippen molar-refractivity contribution in [3.8, 4) is 39.2 Å². The topological polar surface area (TPSA) is 37.1 Å². The number of aromatic nitrogens is 2. The van der Waals surface area contributed by atoms with E-state index in [0.717, 1.165) is 77.2 Å². The average molecular weight is 922 g/mol. The first kappa shape index (κ1) is 32.9. The van der Waals surface area contributed by atoms with E-state index in [0.29, 0.717) is 17.1 Å². The van der Waals surface area contributed by atoms with Crippen molar-refractivity contribution >= 4 is 38.9 Å². The summed E-state index contributed by atoms with van der Waals surface area (Å²) < 4.78 is 26.6. The van der Waals surface area contributed by atoms with Gasteiger partial charge in [0, 0.05) is 38.5 Å². The second-order valence-electron chi connectivity index (χ2n) is 14.6. The molecule has 0 atom stereocenters. The average Bonchev–Trinajstić information content (AvgIpc) is 3.84. The molecule has 0 saturated carbocycles. The summed E-state index contributed by atoms with van der Waals surface area (Å²) in [6, 6.07) is 65.5. The number of hydrogen-bond acceptors (Lipinski definition) is 3. The summed E-state index contributed by atoms with van der Waals surface area (Å²) >= 11 is 0. The predicted molar refractivity (Wildman–Crippen MR) is 230 cm³/mol. The van der Waals surface area contributed by atoms with Crippen LogP contribution in [0, 0.1) is 12.1 Å². The summed E-state index contributed by atoms with van der Waals surface area (Å²) in [6.45, 7) is 1.90. The molecule has 57 heavy (non-hydrogen) atoms. The fourth-order valence-corrected chi connectivity index (χ4v) is 8.05. The molecular formula is C51H39N4OPt-. The third kappa shape index (κ3) is 6.24. The van der Waals surface area contributed by atoms with Crippen molar-refractivity contribution in [1.29, 1.82) is 0 Å². The summed E-state index contributed by atoms with van der Waals surface area (Å²) in [7, 11) is 0. The molecule has 2 aromatic heterocycles. The Labute approximate surface area is 351 Å². The molecule has 5 nitrogen and oxygen atoms in total. The molecule has 1 aliphatic heterocycles. The standard InChI is InChI=1S/C51H38N4O.Pt/c1-51(2,38-20-14-21-40(33-38)55-47-27-13-12-26-46(47)53(3)56-55)39-28-29-44-43-22-10-11-25-45(43)54(48(44)34-39)49-32-37(30-31-52-49)50-41(35-16-6-4-7-17-35)23-15-24-42(50)36-18-8-5-9-19-36;/h4-32H,1-3H3;/q-2;/p+1/i3D3;. The fourth-order valence-electron chi connectivity index (χ4n) is 8.05. The summed E-state index contributed by atoms with van der Waals surface area (Å²) in [6.07, 6.45) is 1.91. The molecule has 1 N–H and O–H groups in total. The van der Waals surface area contributed by atoms with Gasteiger partial charge in [0.1, 0.15) is 17.2 Å². The molecule has 0 aliphatic carbocycles. The second kappa shape index (κ2) is 14.7. The van der Waals surface area contributed by atoms with Crippen LogP contribution in [0.5, 0.6) is 0 Å². The molecule has 1 aliphatic rings. The maximum absolute atomic E-state index is 8.12. The minimum atomic E-state index is -2.44. The van der Waals surface area contributed by atoms with Crippen molar-refractivity contribution < 1.29 is 30.1 Å². The summed E-state index contributed by atoms with van der Waals surface area (Å²) in [5.74, 6) is 0.795. The van der Waals surface area contributed by atoms with E-state index in [4.69, 9.17) is 9.10 Å². The van der Waals surface area contributed by atoms with Crippen molar-refractivity contribution in [1.82, 2.24) is 9.55 Å². The van der Waals surface area contributed by atoms with Gasteiger partial charge in [-0.2, -0.15) is 46.4 Å². The molecule has 0 radical (unpaired) electrons. The maximum atomic E-state index is 8.12. The molecular weight excluding hydrogens is 880 g/mol. The zero-order chi connectivity index (χ0) is 40.3. The van der Waals surface area contributed by atoms with Crippen molar-refractivity contribution in [3.63, 3.8) is 0 Å². The number of para-hydroxylation sites is 3. The molecule has 3 heterocycles. The maximum Gasteiger partial charge on any atom is 0.145 e. The predicted octanol–water partition coefficient (Wildman–Crippen LogP) is 12.5. The van der Waals surface area contributed by atoms with Crippen LogP contribution in [0.25, 0.3) is 61.0 Å². The number of hydroxylamine groups is 1. The van der Waals surface area contributed by atoms with Crippen LogP contribution in [0.1, 0.15) is 29.1 Å².